The fourth-order valence-electron chi connectivity index (χ4n) is 2.23. The SMILES string of the molecule is CCN(CCO)c1ncnc(Nc2cccc(OC)c2)c1[N+](=O)[O-]. The summed E-state index contributed by atoms with van der Waals surface area (Å²) in [5, 5.41) is 23.6. The highest BCUT2D eigenvalue weighted by Gasteiger charge is 2.26. The summed E-state index contributed by atoms with van der Waals surface area (Å²) < 4.78 is 5.14. The van der Waals surface area contributed by atoms with Gasteiger partial charge in [-0.15, -0.1) is 0 Å². The highest BCUT2D eigenvalue weighted by molar-refractivity contribution is 5.74. The highest BCUT2D eigenvalue weighted by Crippen LogP contribution is 2.33. The Hall–Kier alpha value is -2.94. The molecular weight excluding hydrogens is 314 g/mol. The van der Waals surface area contributed by atoms with Crippen LogP contribution in [0.2, 0.25) is 0 Å². The minimum atomic E-state index is -0.530. The second kappa shape index (κ2) is 8.06. The van der Waals surface area contributed by atoms with Crippen LogP contribution in [0.4, 0.5) is 23.0 Å². The van der Waals surface area contributed by atoms with Crippen molar-refractivity contribution in [3.8, 4) is 5.75 Å². The quantitative estimate of drug-likeness (QED) is 0.556. The summed E-state index contributed by atoms with van der Waals surface area (Å²) in [6.07, 6.45) is 1.25. The van der Waals surface area contributed by atoms with Gasteiger partial charge < -0.3 is 20.1 Å². The highest BCUT2D eigenvalue weighted by atomic mass is 16.6. The first-order valence-corrected chi connectivity index (χ1v) is 7.37. The molecule has 9 heteroatoms. The first kappa shape index (κ1) is 17.4. The van der Waals surface area contributed by atoms with Crippen LogP contribution < -0.4 is 15.0 Å². The third kappa shape index (κ3) is 3.87. The van der Waals surface area contributed by atoms with E-state index in [4.69, 9.17) is 9.84 Å². The van der Waals surface area contributed by atoms with Crippen molar-refractivity contribution >= 4 is 23.0 Å². The van der Waals surface area contributed by atoms with E-state index in [-0.39, 0.29) is 30.5 Å². The first-order valence-electron chi connectivity index (χ1n) is 7.37. The molecule has 128 valence electrons. The molecule has 0 saturated heterocycles. The normalized spacial score (nSPS) is 10.3. The number of benzene rings is 1. The maximum absolute atomic E-state index is 11.6. The number of ether oxygens (including phenoxy) is 1. The smallest absolute Gasteiger partial charge is 0.353 e. The maximum atomic E-state index is 11.6. The van der Waals surface area contributed by atoms with Gasteiger partial charge in [-0.3, -0.25) is 10.1 Å². The molecule has 0 aliphatic heterocycles. The first-order chi connectivity index (χ1) is 11.6. The summed E-state index contributed by atoms with van der Waals surface area (Å²) in [6.45, 7) is 2.41. The summed E-state index contributed by atoms with van der Waals surface area (Å²) in [5.74, 6) is 0.860. The van der Waals surface area contributed by atoms with Crippen LogP contribution in [-0.2, 0) is 0 Å². The number of aliphatic hydroxyl groups is 1. The van der Waals surface area contributed by atoms with Crippen LogP contribution in [0.1, 0.15) is 6.92 Å². The molecule has 0 spiro atoms. The van der Waals surface area contributed by atoms with Crippen LogP contribution >= 0.6 is 0 Å². The van der Waals surface area contributed by atoms with Crippen LogP contribution in [0, 0.1) is 10.1 Å². The third-order valence-electron chi connectivity index (χ3n) is 3.37. The van der Waals surface area contributed by atoms with Crippen molar-refractivity contribution in [1.29, 1.82) is 0 Å². The molecule has 0 atom stereocenters. The van der Waals surface area contributed by atoms with Gasteiger partial charge in [-0.2, -0.15) is 0 Å². The summed E-state index contributed by atoms with van der Waals surface area (Å²) in [6, 6.07) is 6.99. The Labute approximate surface area is 139 Å². The van der Waals surface area contributed by atoms with Crippen molar-refractivity contribution in [2.45, 2.75) is 6.92 Å². The Morgan fingerprint density at radius 1 is 1.42 bits per heavy atom. The predicted molar refractivity (Wildman–Crippen MR) is 89.9 cm³/mol. The van der Waals surface area contributed by atoms with Crippen molar-refractivity contribution in [2.24, 2.45) is 0 Å². The van der Waals surface area contributed by atoms with Crippen LogP contribution in [0.25, 0.3) is 0 Å². The summed E-state index contributed by atoms with van der Waals surface area (Å²) >= 11 is 0. The molecule has 0 bridgehead atoms. The molecule has 0 fully saturated rings. The zero-order chi connectivity index (χ0) is 17.5. The number of rotatable bonds is 8. The molecule has 2 N–H and O–H groups in total. The topological polar surface area (TPSA) is 114 Å². The molecule has 9 nitrogen and oxygen atoms in total. The maximum Gasteiger partial charge on any atom is 0.353 e. The van der Waals surface area contributed by atoms with E-state index in [0.29, 0.717) is 18.0 Å². The molecule has 0 radical (unpaired) electrons. The second-order valence-corrected chi connectivity index (χ2v) is 4.81. The van der Waals surface area contributed by atoms with E-state index in [2.05, 4.69) is 15.3 Å². The van der Waals surface area contributed by atoms with E-state index in [1.807, 2.05) is 6.92 Å². The molecule has 2 rings (SSSR count). The summed E-state index contributed by atoms with van der Waals surface area (Å²) in [5.41, 5.74) is 0.364. The largest absolute Gasteiger partial charge is 0.497 e. The van der Waals surface area contributed by atoms with Gasteiger partial charge in [0.15, 0.2) is 0 Å². The van der Waals surface area contributed by atoms with Gasteiger partial charge in [-0.25, -0.2) is 9.97 Å². The Balaban J connectivity index is 2.44. The molecule has 2 aromatic rings. The number of nitrogens with zero attached hydrogens (tertiary/aromatic N) is 4. The van der Waals surface area contributed by atoms with E-state index in [1.165, 1.54) is 6.33 Å². The van der Waals surface area contributed by atoms with Gasteiger partial charge in [0.05, 0.1) is 18.6 Å². The predicted octanol–water partition coefficient (Wildman–Crippen LogP) is 1.96. The van der Waals surface area contributed by atoms with E-state index < -0.39 is 4.92 Å². The number of hydrogen-bond acceptors (Lipinski definition) is 8. The van der Waals surface area contributed by atoms with Crippen molar-refractivity contribution in [1.82, 2.24) is 9.97 Å². The zero-order valence-electron chi connectivity index (χ0n) is 13.5. The lowest BCUT2D eigenvalue weighted by Gasteiger charge is -2.21. The average molecular weight is 333 g/mol. The van der Waals surface area contributed by atoms with Crippen molar-refractivity contribution < 1.29 is 14.8 Å². The molecule has 0 saturated carbocycles. The number of aliphatic hydroxyl groups excluding tert-OH is 1. The van der Waals surface area contributed by atoms with Crippen LogP contribution in [0.15, 0.2) is 30.6 Å². The minimum absolute atomic E-state index is 0.0784. The monoisotopic (exact) mass is 333 g/mol. The molecule has 24 heavy (non-hydrogen) atoms. The number of hydrogen-bond donors (Lipinski definition) is 2. The molecule has 0 aliphatic carbocycles. The molecule has 1 heterocycles. The number of methoxy groups -OCH3 is 1. The molecule has 0 aliphatic rings. The summed E-state index contributed by atoms with van der Waals surface area (Å²) in [4.78, 5) is 20.7. The van der Waals surface area contributed by atoms with Crippen molar-refractivity contribution in [2.75, 3.05) is 37.0 Å². The molecule has 0 amide bonds. The van der Waals surface area contributed by atoms with Crippen LogP contribution in [-0.4, -0.2) is 46.8 Å². The molecular formula is C15H19N5O4. The van der Waals surface area contributed by atoms with Gasteiger partial charge in [0.2, 0.25) is 11.6 Å². The van der Waals surface area contributed by atoms with E-state index in [9.17, 15) is 10.1 Å². The number of likely N-dealkylation sites (N-methyl/N-ethyl adjacent to an activating group) is 1. The lowest BCUT2D eigenvalue weighted by atomic mass is 10.3. The van der Waals surface area contributed by atoms with E-state index >= 15 is 0 Å². The number of aromatic nitrogens is 2. The third-order valence-corrected chi connectivity index (χ3v) is 3.37. The van der Waals surface area contributed by atoms with Gasteiger partial charge in [-0.05, 0) is 19.1 Å². The Morgan fingerprint density at radius 2 is 2.21 bits per heavy atom. The second-order valence-electron chi connectivity index (χ2n) is 4.81. The van der Waals surface area contributed by atoms with Gasteiger partial charge in [0.25, 0.3) is 0 Å². The van der Waals surface area contributed by atoms with Gasteiger partial charge in [0, 0.05) is 24.8 Å². The fraction of sp³-hybridized carbons (Fsp3) is 0.333. The average Bonchev–Trinajstić information content (AvgIpc) is 2.59. The van der Waals surface area contributed by atoms with Gasteiger partial charge >= 0.3 is 5.69 Å². The fourth-order valence-corrected chi connectivity index (χ4v) is 2.23. The number of anilines is 3. The van der Waals surface area contributed by atoms with Crippen LogP contribution in [0.3, 0.4) is 0 Å². The minimum Gasteiger partial charge on any atom is -0.497 e. The van der Waals surface area contributed by atoms with Crippen molar-refractivity contribution in [3.63, 3.8) is 0 Å². The van der Waals surface area contributed by atoms with E-state index in [0.717, 1.165) is 0 Å². The standard InChI is InChI=1S/C15H19N5O4/c1-3-19(7-8-21)15-13(20(22)23)14(16-10-17-15)18-11-5-4-6-12(9-11)24-2/h4-6,9-10,21H,3,7-8H2,1-2H3,(H,16,17,18). The lowest BCUT2D eigenvalue weighted by molar-refractivity contribution is -0.383. The molecule has 1 aromatic heterocycles. The Kier molecular flexibility index (Phi) is 5.85. The number of nitro groups is 1. The van der Waals surface area contributed by atoms with Gasteiger partial charge in [-0.1, -0.05) is 6.07 Å². The Bertz CT molecular complexity index is 710. The summed E-state index contributed by atoms with van der Waals surface area (Å²) in [7, 11) is 1.54. The van der Waals surface area contributed by atoms with E-state index in [1.54, 1.807) is 36.3 Å². The Morgan fingerprint density at radius 3 is 2.83 bits per heavy atom. The van der Waals surface area contributed by atoms with Crippen LogP contribution in [0.5, 0.6) is 5.75 Å². The zero-order valence-corrected chi connectivity index (χ0v) is 13.5. The lowest BCUT2D eigenvalue weighted by Crippen LogP contribution is -2.28. The van der Waals surface area contributed by atoms with Crippen molar-refractivity contribution in [3.05, 3.63) is 40.7 Å². The number of nitrogens with one attached hydrogen (secondary N) is 1. The molecule has 0 unspecified atom stereocenters. The molecule has 1 aromatic carbocycles. The van der Waals surface area contributed by atoms with Gasteiger partial charge in [0.1, 0.15) is 12.1 Å².